The van der Waals surface area contributed by atoms with E-state index in [0.29, 0.717) is 23.0 Å². The highest BCUT2D eigenvalue weighted by atomic mass is 16.3. The van der Waals surface area contributed by atoms with Crippen LogP contribution in [0.15, 0.2) is 52.3 Å². The first kappa shape index (κ1) is 21.8. The van der Waals surface area contributed by atoms with Gasteiger partial charge in [0.25, 0.3) is 5.56 Å². The summed E-state index contributed by atoms with van der Waals surface area (Å²) in [5.41, 5.74) is 4.07. The predicted octanol–water partition coefficient (Wildman–Crippen LogP) is 4.02. The number of furan rings is 1. The Kier molecular flexibility index (Phi) is 5.69. The van der Waals surface area contributed by atoms with Gasteiger partial charge in [-0.05, 0) is 43.5 Å². The van der Waals surface area contributed by atoms with E-state index in [2.05, 4.69) is 31.6 Å². The lowest BCUT2D eigenvalue weighted by molar-refractivity contribution is 0.516. The first-order valence-corrected chi connectivity index (χ1v) is 12.3. The summed E-state index contributed by atoms with van der Waals surface area (Å²) in [4.78, 5) is 30.1. The maximum Gasteiger partial charge on any atom is 0.260 e. The van der Waals surface area contributed by atoms with Gasteiger partial charge >= 0.3 is 0 Å². The zero-order valence-corrected chi connectivity index (χ0v) is 19.8. The van der Waals surface area contributed by atoms with Crippen LogP contribution in [0.4, 0.5) is 17.5 Å². The summed E-state index contributed by atoms with van der Waals surface area (Å²) >= 11 is 0. The summed E-state index contributed by atoms with van der Waals surface area (Å²) in [7, 11) is 0. The molecule has 0 bridgehead atoms. The molecule has 1 aliphatic carbocycles. The molecule has 0 amide bonds. The van der Waals surface area contributed by atoms with Crippen molar-refractivity contribution in [1.82, 2.24) is 24.8 Å². The van der Waals surface area contributed by atoms with E-state index in [9.17, 15) is 4.79 Å². The van der Waals surface area contributed by atoms with Crippen LogP contribution in [0, 0.1) is 6.92 Å². The van der Waals surface area contributed by atoms with Crippen LogP contribution < -0.4 is 21.1 Å². The molecule has 5 heterocycles. The Morgan fingerprint density at radius 2 is 1.91 bits per heavy atom. The van der Waals surface area contributed by atoms with Gasteiger partial charge in [-0.1, -0.05) is 12.8 Å². The lowest BCUT2D eigenvalue weighted by Gasteiger charge is -2.29. The molecule has 6 rings (SSSR count). The van der Waals surface area contributed by atoms with Gasteiger partial charge in [0.1, 0.15) is 11.5 Å². The van der Waals surface area contributed by atoms with Crippen molar-refractivity contribution in [2.24, 2.45) is 0 Å². The average Bonchev–Trinajstić information content (AvgIpc) is 3.61. The number of pyridine rings is 2. The van der Waals surface area contributed by atoms with E-state index in [1.54, 1.807) is 12.5 Å². The van der Waals surface area contributed by atoms with Crippen molar-refractivity contribution in [2.45, 2.75) is 38.6 Å². The van der Waals surface area contributed by atoms with Crippen LogP contribution in [-0.4, -0.2) is 45.7 Å². The summed E-state index contributed by atoms with van der Waals surface area (Å²) in [5, 5.41) is 7.47. The topological polar surface area (TPSA) is 101 Å². The van der Waals surface area contributed by atoms with Crippen molar-refractivity contribution < 1.29 is 4.42 Å². The minimum Gasteiger partial charge on any atom is -0.472 e. The quantitative estimate of drug-likeness (QED) is 0.450. The Balaban J connectivity index is 1.38. The number of nitrogens with one attached hydrogen (secondary N) is 2. The number of nitrogens with zero attached hydrogens (tertiary/aromatic N) is 5. The van der Waals surface area contributed by atoms with E-state index in [0.717, 1.165) is 74.1 Å². The van der Waals surface area contributed by atoms with E-state index in [-0.39, 0.29) is 11.6 Å². The number of piperazine rings is 1. The van der Waals surface area contributed by atoms with E-state index >= 15 is 0 Å². The zero-order valence-electron chi connectivity index (χ0n) is 19.8. The highest BCUT2D eigenvalue weighted by Gasteiger charge is 2.25. The number of aryl methyl sites for hydroxylation is 1. The molecular weight excluding hydrogens is 442 g/mol. The van der Waals surface area contributed by atoms with Gasteiger partial charge in [0.15, 0.2) is 0 Å². The van der Waals surface area contributed by atoms with Crippen LogP contribution in [0.3, 0.4) is 0 Å². The van der Waals surface area contributed by atoms with Crippen LogP contribution in [-0.2, 0) is 0 Å². The van der Waals surface area contributed by atoms with Crippen molar-refractivity contribution in [3.8, 4) is 11.1 Å². The summed E-state index contributed by atoms with van der Waals surface area (Å²) in [6.07, 6.45) is 11.1. The minimum absolute atomic E-state index is 0.0218. The number of hydrogen-bond acceptors (Lipinski definition) is 8. The molecule has 1 saturated heterocycles. The molecule has 0 atom stereocenters. The van der Waals surface area contributed by atoms with E-state index in [1.165, 1.54) is 0 Å². The molecule has 4 aromatic rings. The number of rotatable bonds is 5. The SMILES string of the molecule is Cc1c(-c2ccoc2)c(=O)n(C2CCCC2)c2nc(Nc3ccc(N4CCNCC4)cn3)ncc12. The van der Waals surface area contributed by atoms with Crippen LogP contribution >= 0.6 is 0 Å². The number of aromatic nitrogens is 4. The van der Waals surface area contributed by atoms with Gasteiger partial charge in [-0.3, -0.25) is 9.36 Å². The fraction of sp³-hybridized carbons (Fsp3) is 0.385. The molecule has 35 heavy (non-hydrogen) atoms. The molecule has 0 unspecified atom stereocenters. The molecule has 9 nitrogen and oxygen atoms in total. The van der Waals surface area contributed by atoms with Gasteiger partial charge in [0, 0.05) is 49.4 Å². The van der Waals surface area contributed by atoms with E-state index < -0.39 is 0 Å². The Morgan fingerprint density at radius 3 is 2.63 bits per heavy atom. The predicted molar refractivity (Wildman–Crippen MR) is 136 cm³/mol. The van der Waals surface area contributed by atoms with Crippen molar-refractivity contribution in [3.63, 3.8) is 0 Å². The second kappa shape index (κ2) is 9.14. The maximum atomic E-state index is 13.8. The highest BCUT2D eigenvalue weighted by Crippen LogP contribution is 2.34. The summed E-state index contributed by atoms with van der Waals surface area (Å²) < 4.78 is 7.17. The van der Waals surface area contributed by atoms with Crippen LogP contribution in [0.1, 0.15) is 37.3 Å². The Labute approximate surface area is 203 Å². The van der Waals surface area contributed by atoms with Gasteiger partial charge in [-0.15, -0.1) is 0 Å². The molecule has 0 aromatic carbocycles. The van der Waals surface area contributed by atoms with E-state index in [1.807, 2.05) is 36.0 Å². The summed E-state index contributed by atoms with van der Waals surface area (Å²) in [6, 6.07) is 5.98. The van der Waals surface area contributed by atoms with Gasteiger partial charge in [-0.2, -0.15) is 4.98 Å². The molecule has 2 aliphatic rings. The Morgan fingerprint density at radius 1 is 1.09 bits per heavy atom. The highest BCUT2D eigenvalue weighted by molar-refractivity contribution is 5.86. The molecule has 0 radical (unpaired) electrons. The molecular formula is C26H29N7O2. The first-order valence-electron chi connectivity index (χ1n) is 12.3. The van der Waals surface area contributed by atoms with Crippen molar-refractivity contribution in [2.75, 3.05) is 36.4 Å². The second-order valence-corrected chi connectivity index (χ2v) is 9.32. The Hall–Kier alpha value is -3.72. The molecule has 4 aromatic heterocycles. The van der Waals surface area contributed by atoms with Crippen LogP contribution in [0.2, 0.25) is 0 Å². The van der Waals surface area contributed by atoms with Crippen LogP contribution in [0.25, 0.3) is 22.2 Å². The molecule has 180 valence electrons. The van der Waals surface area contributed by atoms with Crippen molar-refractivity contribution in [3.05, 3.63) is 59.0 Å². The number of hydrogen-bond donors (Lipinski definition) is 2. The fourth-order valence-electron chi connectivity index (χ4n) is 5.33. The minimum atomic E-state index is -0.0218. The molecule has 2 N–H and O–H groups in total. The van der Waals surface area contributed by atoms with Crippen molar-refractivity contribution in [1.29, 1.82) is 0 Å². The second-order valence-electron chi connectivity index (χ2n) is 9.32. The van der Waals surface area contributed by atoms with Crippen molar-refractivity contribution >= 4 is 28.5 Å². The van der Waals surface area contributed by atoms with Gasteiger partial charge in [-0.25, -0.2) is 9.97 Å². The van der Waals surface area contributed by atoms with Gasteiger partial charge in [0.2, 0.25) is 5.95 Å². The molecule has 1 aliphatic heterocycles. The normalized spacial score (nSPS) is 16.8. The molecule has 2 fully saturated rings. The molecule has 9 heteroatoms. The number of anilines is 3. The third kappa shape index (κ3) is 4.05. The Bertz CT molecular complexity index is 1380. The lowest BCUT2D eigenvalue weighted by atomic mass is 10.0. The average molecular weight is 472 g/mol. The standard InChI is InChI=1S/C26H29N7O2/c1-17-21-15-29-26(30-22-7-6-20(14-28-22)32-11-9-27-10-12-32)31-24(21)33(19-4-2-3-5-19)25(34)23(17)18-8-13-35-16-18/h6-8,13-16,19,27H,2-5,9-12H2,1H3,(H,28,29,30,31). The third-order valence-electron chi connectivity index (χ3n) is 7.18. The largest absolute Gasteiger partial charge is 0.472 e. The van der Waals surface area contributed by atoms with Gasteiger partial charge in [0.05, 0.1) is 30.0 Å². The lowest BCUT2D eigenvalue weighted by Crippen LogP contribution is -2.43. The maximum absolute atomic E-state index is 13.8. The van der Waals surface area contributed by atoms with Crippen LogP contribution in [0.5, 0.6) is 0 Å². The van der Waals surface area contributed by atoms with E-state index in [4.69, 9.17) is 9.40 Å². The molecule has 1 saturated carbocycles. The molecule has 0 spiro atoms. The monoisotopic (exact) mass is 471 g/mol. The summed E-state index contributed by atoms with van der Waals surface area (Å²) in [6.45, 7) is 5.87. The fourth-order valence-corrected chi connectivity index (χ4v) is 5.33. The number of fused-ring (bicyclic) bond motifs is 1. The zero-order chi connectivity index (χ0) is 23.8. The third-order valence-corrected chi connectivity index (χ3v) is 7.18. The first-order chi connectivity index (χ1) is 17.2. The summed E-state index contributed by atoms with van der Waals surface area (Å²) in [5.74, 6) is 1.10. The van der Waals surface area contributed by atoms with Gasteiger partial charge < -0.3 is 20.0 Å². The smallest absolute Gasteiger partial charge is 0.260 e.